The number of hydrogen-bond acceptors (Lipinski definition) is 6. The summed E-state index contributed by atoms with van der Waals surface area (Å²) in [5, 5.41) is 2.81. The Bertz CT molecular complexity index is 791. The van der Waals surface area contributed by atoms with E-state index in [9.17, 15) is 13.2 Å². The number of nitrogens with one attached hydrogen (secondary N) is 1. The molecular weight excluding hydrogens is 304 g/mol. The fourth-order valence-corrected chi connectivity index (χ4v) is 2.63. The Hall–Kier alpha value is -2.48. The number of hydrogen-bond donors (Lipinski definition) is 2. The first-order valence-corrected chi connectivity index (χ1v) is 8.32. The quantitative estimate of drug-likeness (QED) is 0.843. The van der Waals surface area contributed by atoms with Crippen LogP contribution in [0.15, 0.2) is 41.4 Å². The lowest BCUT2D eigenvalue weighted by molar-refractivity contribution is -0.118. The Morgan fingerprint density at radius 1 is 1.27 bits per heavy atom. The van der Waals surface area contributed by atoms with Gasteiger partial charge in [-0.05, 0) is 12.5 Å². The van der Waals surface area contributed by atoms with Crippen LogP contribution in [0, 0.1) is 6.92 Å². The number of carbonyl (C=O) groups is 1. The number of sulfone groups is 1. The highest BCUT2D eigenvalue weighted by molar-refractivity contribution is 7.90. The Morgan fingerprint density at radius 2 is 1.91 bits per heavy atom. The van der Waals surface area contributed by atoms with Gasteiger partial charge in [-0.15, -0.1) is 0 Å². The number of aromatic nitrogens is 2. The van der Waals surface area contributed by atoms with Gasteiger partial charge in [-0.1, -0.05) is 30.3 Å². The molecule has 0 aliphatic carbocycles. The first-order valence-electron chi connectivity index (χ1n) is 6.43. The predicted molar refractivity (Wildman–Crippen MR) is 81.9 cm³/mol. The highest BCUT2D eigenvalue weighted by Gasteiger charge is 2.23. The molecule has 7 nitrogen and oxygen atoms in total. The monoisotopic (exact) mass is 320 g/mol. The van der Waals surface area contributed by atoms with E-state index in [2.05, 4.69) is 15.3 Å². The van der Waals surface area contributed by atoms with Gasteiger partial charge in [-0.3, -0.25) is 4.79 Å². The smallest absolute Gasteiger partial charge is 0.244 e. The number of nitrogens with zero attached hydrogens (tertiary/aromatic N) is 2. The van der Waals surface area contributed by atoms with Crippen molar-refractivity contribution in [2.45, 2.75) is 17.9 Å². The molecule has 0 saturated carbocycles. The van der Waals surface area contributed by atoms with Crippen molar-refractivity contribution in [1.29, 1.82) is 0 Å². The summed E-state index contributed by atoms with van der Waals surface area (Å²) in [5.74, 6) is -0.198. The van der Waals surface area contributed by atoms with Crippen LogP contribution >= 0.6 is 0 Å². The zero-order valence-corrected chi connectivity index (χ0v) is 13.0. The second-order valence-corrected chi connectivity index (χ2v) is 6.78. The number of amides is 1. The Labute approximate surface area is 128 Å². The van der Waals surface area contributed by atoms with Crippen LogP contribution in [0.2, 0.25) is 0 Å². The molecule has 0 fully saturated rings. The zero-order valence-electron chi connectivity index (χ0n) is 12.1. The van der Waals surface area contributed by atoms with Gasteiger partial charge in [-0.25, -0.2) is 18.4 Å². The topological polar surface area (TPSA) is 115 Å². The summed E-state index contributed by atoms with van der Waals surface area (Å²) in [7, 11) is -3.54. The first kappa shape index (κ1) is 15.9. The van der Waals surface area contributed by atoms with Crippen LogP contribution in [0.3, 0.4) is 0 Å². The first-order chi connectivity index (χ1) is 10.3. The van der Waals surface area contributed by atoms with Crippen molar-refractivity contribution >= 4 is 21.6 Å². The van der Waals surface area contributed by atoms with Gasteiger partial charge in [0.05, 0.1) is 6.20 Å². The van der Waals surface area contributed by atoms with Crippen LogP contribution in [-0.2, 0) is 14.6 Å². The van der Waals surface area contributed by atoms with E-state index in [1.165, 1.54) is 6.20 Å². The number of benzene rings is 1. The third-order valence-electron chi connectivity index (χ3n) is 2.97. The van der Waals surface area contributed by atoms with Gasteiger partial charge >= 0.3 is 0 Å². The van der Waals surface area contributed by atoms with E-state index in [1.807, 2.05) is 0 Å². The van der Waals surface area contributed by atoms with Crippen LogP contribution in [0.25, 0.3) is 0 Å². The molecule has 2 aromatic rings. The number of aryl methyl sites for hydroxylation is 1. The molecule has 1 aromatic heterocycles. The summed E-state index contributed by atoms with van der Waals surface area (Å²) in [4.78, 5) is 19.6. The molecule has 22 heavy (non-hydrogen) atoms. The highest BCUT2D eigenvalue weighted by Crippen LogP contribution is 2.23. The molecule has 0 saturated heterocycles. The van der Waals surface area contributed by atoms with E-state index in [0.29, 0.717) is 11.4 Å². The fraction of sp³-hybridized carbons (Fsp3) is 0.214. The Morgan fingerprint density at radius 3 is 2.45 bits per heavy atom. The predicted octanol–water partition coefficient (Wildman–Crippen LogP) is 0.827. The number of primary amides is 1. The van der Waals surface area contributed by atoms with Crippen molar-refractivity contribution < 1.29 is 13.2 Å². The summed E-state index contributed by atoms with van der Waals surface area (Å²) in [5.41, 5.74) is 6.04. The van der Waals surface area contributed by atoms with Crippen LogP contribution < -0.4 is 11.1 Å². The van der Waals surface area contributed by atoms with Gasteiger partial charge in [0.25, 0.3) is 0 Å². The lowest BCUT2D eigenvalue weighted by Gasteiger charge is -2.18. The average molecular weight is 320 g/mol. The summed E-state index contributed by atoms with van der Waals surface area (Å²) in [6, 6.07) is 7.87. The Kier molecular flexibility index (Phi) is 4.41. The van der Waals surface area contributed by atoms with Crippen molar-refractivity contribution in [2.75, 3.05) is 11.6 Å². The number of rotatable bonds is 5. The number of nitrogens with two attached hydrogens (primary N) is 1. The third kappa shape index (κ3) is 3.59. The largest absolute Gasteiger partial charge is 0.368 e. The lowest BCUT2D eigenvalue weighted by atomic mass is 10.1. The zero-order chi connectivity index (χ0) is 16.3. The Balaban J connectivity index is 2.48. The molecule has 0 radical (unpaired) electrons. The minimum Gasteiger partial charge on any atom is -0.368 e. The van der Waals surface area contributed by atoms with Crippen molar-refractivity contribution in [3.05, 3.63) is 47.9 Å². The van der Waals surface area contributed by atoms with Gasteiger partial charge < -0.3 is 11.1 Å². The maximum Gasteiger partial charge on any atom is 0.244 e. The maximum atomic E-state index is 11.8. The normalized spacial score (nSPS) is 12.6. The fourth-order valence-electron chi connectivity index (χ4n) is 1.93. The van der Waals surface area contributed by atoms with E-state index >= 15 is 0 Å². The van der Waals surface area contributed by atoms with E-state index in [4.69, 9.17) is 5.73 Å². The maximum absolute atomic E-state index is 11.8. The minimum atomic E-state index is -3.54. The van der Waals surface area contributed by atoms with Crippen molar-refractivity contribution in [3.8, 4) is 0 Å². The van der Waals surface area contributed by atoms with Gasteiger partial charge in [0, 0.05) is 6.26 Å². The molecule has 3 N–H and O–H groups in total. The van der Waals surface area contributed by atoms with Gasteiger partial charge in [-0.2, -0.15) is 0 Å². The van der Waals surface area contributed by atoms with Crippen LogP contribution in [0.4, 0.5) is 5.82 Å². The van der Waals surface area contributed by atoms with Crippen molar-refractivity contribution in [3.63, 3.8) is 0 Å². The van der Waals surface area contributed by atoms with Gasteiger partial charge in [0.15, 0.2) is 9.84 Å². The number of anilines is 1. The van der Waals surface area contributed by atoms with E-state index in [1.54, 1.807) is 37.3 Å². The molecule has 2 rings (SSSR count). The molecule has 1 atom stereocenters. The second-order valence-electron chi connectivity index (χ2n) is 4.79. The van der Waals surface area contributed by atoms with Crippen LogP contribution in [0.1, 0.15) is 17.4 Å². The minimum absolute atomic E-state index is 0.0580. The van der Waals surface area contributed by atoms with E-state index < -0.39 is 21.8 Å². The average Bonchev–Trinajstić information content (AvgIpc) is 2.44. The van der Waals surface area contributed by atoms with Crippen LogP contribution in [-0.4, -0.2) is 30.5 Å². The molecule has 0 spiro atoms. The van der Waals surface area contributed by atoms with Gasteiger partial charge in [0.2, 0.25) is 5.91 Å². The molecule has 116 valence electrons. The molecule has 0 unspecified atom stereocenters. The summed E-state index contributed by atoms with van der Waals surface area (Å²) in [6.45, 7) is 1.62. The van der Waals surface area contributed by atoms with Crippen LogP contribution in [0.5, 0.6) is 0 Å². The molecule has 0 aliphatic heterocycles. The van der Waals surface area contributed by atoms with E-state index in [0.717, 1.165) is 6.26 Å². The molecule has 0 aliphatic rings. The standard InChI is InChI=1S/C14H16N4O3S/c1-9-16-8-11(22(2,20)21)14(17-9)18-12(13(15)19)10-6-4-3-5-7-10/h3-8,12H,1-2H3,(H2,15,19)(H,16,17,18)/t12-/m0/s1. The summed E-state index contributed by atoms with van der Waals surface area (Å²) >= 11 is 0. The second kappa shape index (κ2) is 6.10. The lowest BCUT2D eigenvalue weighted by Crippen LogP contribution is -2.28. The molecular formula is C14H16N4O3S. The van der Waals surface area contributed by atoms with E-state index in [-0.39, 0.29) is 10.7 Å². The molecule has 8 heteroatoms. The molecule has 1 heterocycles. The summed E-state index contributed by atoms with van der Waals surface area (Å²) < 4.78 is 23.6. The summed E-state index contributed by atoms with van der Waals surface area (Å²) in [6.07, 6.45) is 2.26. The highest BCUT2D eigenvalue weighted by atomic mass is 32.2. The SMILES string of the molecule is Cc1ncc(S(C)(=O)=O)c(N[C@H](C(N)=O)c2ccccc2)n1. The molecule has 1 amide bonds. The third-order valence-corrected chi connectivity index (χ3v) is 4.07. The molecule has 1 aromatic carbocycles. The van der Waals surface area contributed by atoms with Crippen molar-refractivity contribution in [2.24, 2.45) is 5.73 Å². The molecule has 0 bridgehead atoms. The van der Waals surface area contributed by atoms with Crippen molar-refractivity contribution in [1.82, 2.24) is 9.97 Å². The van der Waals surface area contributed by atoms with Gasteiger partial charge in [0.1, 0.15) is 22.6 Å². The number of carbonyl (C=O) groups excluding carboxylic acids is 1.